The molecule has 1 rings (SSSR count). The Balaban J connectivity index is 3.12. The lowest BCUT2D eigenvalue weighted by Gasteiger charge is -1.99. The number of hydrogen-bond acceptors (Lipinski definition) is 2. The summed E-state index contributed by atoms with van der Waals surface area (Å²) < 4.78 is 12.9. The summed E-state index contributed by atoms with van der Waals surface area (Å²) in [6.45, 7) is 0.244. The molecule has 0 aliphatic heterocycles. The molecular formula is C8H7ClFNO. The second kappa shape index (κ2) is 3.65. The molecule has 1 aromatic carbocycles. The third-order valence-electron chi connectivity index (χ3n) is 1.48. The molecule has 0 heterocycles. The van der Waals surface area contributed by atoms with Crippen LogP contribution in [-0.2, 0) is 6.54 Å². The quantitative estimate of drug-likeness (QED) is 0.716. The van der Waals surface area contributed by atoms with Gasteiger partial charge in [-0.1, -0.05) is 6.07 Å². The number of hydrogen-bond donors (Lipinski definition) is 1. The molecule has 0 atom stereocenters. The first kappa shape index (κ1) is 9.16. The lowest BCUT2D eigenvalue weighted by molar-refractivity contribution is 0.107. The number of rotatable bonds is 2. The lowest BCUT2D eigenvalue weighted by Crippen LogP contribution is -2.00. The zero-order valence-electron chi connectivity index (χ0n) is 6.18. The van der Waals surface area contributed by atoms with Crippen molar-refractivity contribution in [2.75, 3.05) is 0 Å². The molecule has 4 heteroatoms. The highest BCUT2D eigenvalue weighted by Gasteiger charge is 2.08. The van der Waals surface area contributed by atoms with E-state index in [1.165, 1.54) is 12.1 Å². The maximum Gasteiger partial charge on any atom is 0.255 e. The van der Waals surface area contributed by atoms with Crippen LogP contribution in [0.1, 0.15) is 15.9 Å². The number of carbonyl (C=O) groups is 1. The predicted octanol–water partition coefficient (Wildman–Crippen LogP) is 1.66. The van der Waals surface area contributed by atoms with Crippen LogP contribution in [0.2, 0.25) is 0 Å². The van der Waals surface area contributed by atoms with Crippen molar-refractivity contribution < 1.29 is 9.18 Å². The van der Waals surface area contributed by atoms with E-state index in [0.29, 0.717) is 5.56 Å². The molecule has 12 heavy (non-hydrogen) atoms. The van der Waals surface area contributed by atoms with Crippen LogP contribution in [0.5, 0.6) is 0 Å². The maximum atomic E-state index is 12.9. The smallest absolute Gasteiger partial charge is 0.255 e. The highest BCUT2D eigenvalue weighted by atomic mass is 35.5. The molecule has 0 unspecified atom stereocenters. The van der Waals surface area contributed by atoms with Crippen LogP contribution in [-0.4, -0.2) is 5.24 Å². The van der Waals surface area contributed by atoms with Crippen LogP contribution in [0.25, 0.3) is 0 Å². The maximum absolute atomic E-state index is 12.9. The average molecular weight is 188 g/mol. The third kappa shape index (κ3) is 1.81. The van der Waals surface area contributed by atoms with Gasteiger partial charge in [-0.25, -0.2) is 4.39 Å². The minimum atomic E-state index is -0.795. The number of nitrogens with two attached hydrogens (primary N) is 1. The zero-order valence-corrected chi connectivity index (χ0v) is 6.94. The van der Waals surface area contributed by atoms with Crippen molar-refractivity contribution in [3.8, 4) is 0 Å². The number of halogens is 2. The van der Waals surface area contributed by atoms with E-state index < -0.39 is 11.1 Å². The van der Waals surface area contributed by atoms with Gasteiger partial charge in [0.15, 0.2) is 0 Å². The molecule has 0 bridgehead atoms. The molecule has 0 spiro atoms. The van der Waals surface area contributed by atoms with Crippen LogP contribution in [0.15, 0.2) is 18.2 Å². The predicted molar refractivity (Wildman–Crippen MR) is 44.5 cm³/mol. The summed E-state index contributed by atoms with van der Waals surface area (Å²) in [7, 11) is 0. The SMILES string of the molecule is NCc1ccc(C(=O)Cl)c(F)c1. The fourth-order valence-electron chi connectivity index (χ4n) is 0.845. The summed E-state index contributed by atoms with van der Waals surface area (Å²) in [6.07, 6.45) is 0. The van der Waals surface area contributed by atoms with Gasteiger partial charge in [-0.2, -0.15) is 0 Å². The first-order chi connectivity index (χ1) is 5.65. The van der Waals surface area contributed by atoms with Gasteiger partial charge < -0.3 is 5.73 Å². The first-order valence-corrected chi connectivity index (χ1v) is 3.71. The molecule has 0 saturated carbocycles. The third-order valence-corrected chi connectivity index (χ3v) is 1.68. The Morgan fingerprint density at radius 2 is 2.25 bits per heavy atom. The van der Waals surface area contributed by atoms with Gasteiger partial charge in [0.25, 0.3) is 5.24 Å². The first-order valence-electron chi connectivity index (χ1n) is 3.33. The fourth-order valence-corrected chi connectivity index (χ4v) is 0.998. The standard InChI is InChI=1S/C8H7ClFNO/c9-8(12)6-2-1-5(4-11)3-7(6)10/h1-3H,4,11H2. The Morgan fingerprint density at radius 3 is 2.67 bits per heavy atom. The molecule has 64 valence electrons. The van der Waals surface area contributed by atoms with Crippen molar-refractivity contribution in [1.29, 1.82) is 0 Å². The van der Waals surface area contributed by atoms with Gasteiger partial charge in [0.05, 0.1) is 5.56 Å². The largest absolute Gasteiger partial charge is 0.326 e. The van der Waals surface area contributed by atoms with Gasteiger partial charge in [-0.05, 0) is 29.3 Å². The Hall–Kier alpha value is -0.930. The van der Waals surface area contributed by atoms with Crippen molar-refractivity contribution in [2.45, 2.75) is 6.54 Å². The van der Waals surface area contributed by atoms with E-state index >= 15 is 0 Å². The van der Waals surface area contributed by atoms with E-state index in [9.17, 15) is 9.18 Å². The van der Waals surface area contributed by atoms with Gasteiger partial charge in [-0.3, -0.25) is 4.79 Å². The lowest BCUT2D eigenvalue weighted by atomic mass is 10.1. The van der Waals surface area contributed by atoms with Crippen LogP contribution in [0, 0.1) is 5.82 Å². The van der Waals surface area contributed by atoms with Gasteiger partial charge in [0.1, 0.15) is 5.82 Å². The van der Waals surface area contributed by atoms with Gasteiger partial charge >= 0.3 is 0 Å². The van der Waals surface area contributed by atoms with Crippen LogP contribution in [0.3, 0.4) is 0 Å². The Kier molecular flexibility index (Phi) is 2.78. The molecule has 2 nitrogen and oxygen atoms in total. The van der Waals surface area contributed by atoms with Crippen molar-refractivity contribution in [3.63, 3.8) is 0 Å². The summed E-state index contributed by atoms with van der Waals surface area (Å²) in [4.78, 5) is 10.6. The Morgan fingerprint density at radius 1 is 1.58 bits per heavy atom. The minimum absolute atomic E-state index is 0.117. The molecule has 0 aromatic heterocycles. The highest BCUT2D eigenvalue weighted by Crippen LogP contribution is 2.12. The zero-order chi connectivity index (χ0) is 9.14. The minimum Gasteiger partial charge on any atom is -0.326 e. The molecule has 0 aliphatic carbocycles. The topological polar surface area (TPSA) is 43.1 Å². The second-order valence-corrected chi connectivity index (χ2v) is 2.64. The fraction of sp³-hybridized carbons (Fsp3) is 0.125. The van der Waals surface area contributed by atoms with Gasteiger partial charge in [0.2, 0.25) is 0 Å². The highest BCUT2D eigenvalue weighted by molar-refractivity contribution is 6.67. The Bertz CT molecular complexity index is 314. The van der Waals surface area contributed by atoms with E-state index in [4.69, 9.17) is 17.3 Å². The van der Waals surface area contributed by atoms with Gasteiger partial charge in [0, 0.05) is 6.54 Å². The second-order valence-electron chi connectivity index (χ2n) is 2.29. The average Bonchev–Trinajstić information content (AvgIpc) is 2.03. The monoisotopic (exact) mass is 187 g/mol. The Labute approximate surface area is 74.1 Å². The molecule has 0 amide bonds. The van der Waals surface area contributed by atoms with Crippen LogP contribution in [0.4, 0.5) is 4.39 Å². The van der Waals surface area contributed by atoms with E-state index in [0.717, 1.165) is 0 Å². The normalized spacial score (nSPS) is 9.92. The number of carbonyl (C=O) groups excluding carboxylic acids is 1. The summed E-state index contributed by atoms with van der Waals surface area (Å²) in [5.41, 5.74) is 5.78. The van der Waals surface area contributed by atoms with Crippen molar-refractivity contribution in [1.82, 2.24) is 0 Å². The van der Waals surface area contributed by atoms with E-state index in [1.54, 1.807) is 6.07 Å². The van der Waals surface area contributed by atoms with E-state index in [1.807, 2.05) is 0 Å². The summed E-state index contributed by atoms with van der Waals surface area (Å²) in [5, 5.41) is -0.795. The molecule has 0 aliphatic rings. The van der Waals surface area contributed by atoms with E-state index in [2.05, 4.69) is 0 Å². The molecule has 0 radical (unpaired) electrons. The summed E-state index contributed by atoms with van der Waals surface area (Å²) >= 11 is 5.09. The molecule has 1 aromatic rings. The number of benzene rings is 1. The van der Waals surface area contributed by atoms with Crippen LogP contribution >= 0.6 is 11.6 Å². The summed E-state index contributed by atoms with van der Waals surface area (Å²) in [5.74, 6) is -0.627. The summed E-state index contributed by atoms with van der Waals surface area (Å²) in [6, 6.07) is 4.10. The van der Waals surface area contributed by atoms with Gasteiger partial charge in [-0.15, -0.1) is 0 Å². The van der Waals surface area contributed by atoms with Crippen molar-refractivity contribution >= 4 is 16.8 Å². The molecule has 2 N–H and O–H groups in total. The van der Waals surface area contributed by atoms with Crippen molar-refractivity contribution in [2.24, 2.45) is 5.73 Å². The molecule has 0 saturated heterocycles. The van der Waals surface area contributed by atoms with Crippen molar-refractivity contribution in [3.05, 3.63) is 35.1 Å². The van der Waals surface area contributed by atoms with Crippen LogP contribution < -0.4 is 5.73 Å². The molecule has 0 fully saturated rings. The molecular weight excluding hydrogens is 181 g/mol. The van der Waals surface area contributed by atoms with E-state index in [-0.39, 0.29) is 12.1 Å².